The number of aliphatic hydroxyl groups is 1. The molecule has 1 N–H and O–H groups in total. The van der Waals surface area contributed by atoms with Crippen LogP contribution in [-0.4, -0.2) is 41.9 Å². The van der Waals surface area contributed by atoms with Gasteiger partial charge in [0.2, 0.25) is 0 Å². The minimum atomic E-state index is -3.90. The van der Waals surface area contributed by atoms with E-state index in [1.807, 2.05) is 0 Å². The Morgan fingerprint density at radius 3 is 2.62 bits per heavy atom. The number of hydrogen-bond donors (Lipinski definition) is 1. The van der Waals surface area contributed by atoms with Gasteiger partial charge in [-0.15, -0.1) is 11.3 Å². The molecule has 0 bridgehead atoms. The molecular formula is C11H15ClN2O5S2. The molecule has 0 saturated heterocycles. The van der Waals surface area contributed by atoms with Crippen molar-refractivity contribution in [2.24, 2.45) is 0 Å². The maximum absolute atomic E-state index is 12.5. The van der Waals surface area contributed by atoms with E-state index in [-0.39, 0.29) is 8.55 Å². The topological polar surface area (TPSA) is 101 Å². The molecule has 0 radical (unpaired) electrons. The predicted octanol–water partition coefficient (Wildman–Crippen LogP) is 2.23. The Kier molecular flexibility index (Phi) is 4.89. The molecule has 1 aliphatic carbocycles. The van der Waals surface area contributed by atoms with Crippen molar-refractivity contribution < 1.29 is 18.4 Å². The van der Waals surface area contributed by atoms with Crippen LogP contribution in [-0.2, 0) is 10.0 Å². The summed E-state index contributed by atoms with van der Waals surface area (Å²) in [6.07, 6.45) is 2.10. The minimum Gasteiger partial charge on any atom is -0.391 e. The van der Waals surface area contributed by atoms with E-state index in [1.165, 1.54) is 7.05 Å². The highest BCUT2D eigenvalue weighted by atomic mass is 35.5. The van der Waals surface area contributed by atoms with E-state index in [2.05, 4.69) is 0 Å². The first-order chi connectivity index (χ1) is 9.75. The lowest BCUT2D eigenvalue weighted by Crippen LogP contribution is -2.45. The van der Waals surface area contributed by atoms with Gasteiger partial charge >= 0.3 is 0 Å². The molecule has 1 aromatic heterocycles. The Morgan fingerprint density at radius 2 is 2.10 bits per heavy atom. The zero-order valence-electron chi connectivity index (χ0n) is 11.2. The molecule has 2 rings (SSSR count). The number of nitro groups is 1. The van der Waals surface area contributed by atoms with Crippen LogP contribution in [0.15, 0.2) is 10.3 Å². The summed E-state index contributed by atoms with van der Waals surface area (Å²) in [5, 5.41) is 20.7. The third-order valence-corrected chi connectivity index (χ3v) is 7.31. The summed E-state index contributed by atoms with van der Waals surface area (Å²) in [7, 11) is -2.52. The van der Waals surface area contributed by atoms with E-state index in [0.29, 0.717) is 24.2 Å². The molecule has 1 aliphatic rings. The molecule has 7 nitrogen and oxygen atoms in total. The molecular weight excluding hydrogens is 340 g/mol. The summed E-state index contributed by atoms with van der Waals surface area (Å²) in [4.78, 5) is 10.1. The number of sulfonamides is 1. The maximum atomic E-state index is 12.5. The van der Waals surface area contributed by atoms with Gasteiger partial charge in [0.25, 0.3) is 15.7 Å². The van der Waals surface area contributed by atoms with Crippen LogP contribution in [0.25, 0.3) is 0 Å². The highest BCUT2D eigenvalue weighted by molar-refractivity contribution is 7.91. The van der Waals surface area contributed by atoms with Crippen LogP contribution in [0.4, 0.5) is 5.69 Å². The molecule has 10 heteroatoms. The Bertz CT molecular complexity index is 645. The summed E-state index contributed by atoms with van der Waals surface area (Å²) < 4.78 is 25.8. The van der Waals surface area contributed by atoms with E-state index in [4.69, 9.17) is 11.6 Å². The van der Waals surface area contributed by atoms with Gasteiger partial charge in [-0.25, -0.2) is 8.42 Å². The van der Waals surface area contributed by atoms with Crippen molar-refractivity contribution in [3.05, 3.63) is 20.5 Å². The summed E-state index contributed by atoms with van der Waals surface area (Å²) in [5.74, 6) is 0. The Hall–Kier alpha value is -0.740. The van der Waals surface area contributed by atoms with E-state index in [1.54, 1.807) is 0 Å². The van der Waals surface area contributed by atoms with Gasteiger partial charge in [0.05, 0.1) is 17.1 Å². The fraction of sp³-hybridized carbons (Fsp3) is 0.636. The molecule has 1 aromatic rings. The number of halogens is 1. The second kappa shape index (κ2) is 6.17. The van der Waals surface area contributed by atoms with Gasteiger partial charge in [0, 0.05) is 13.1 Å². The fourth-order valence-electron chi connectivity index (χ4n) is 2.43. The number of rotatable bonds is 4. The Morgan fingerprint density at radius 1 is 1.48 bits per heavy atom. The first-order valence-electron chi connectivity index (χ1n) is 6.35. The lowest BCUT2D eigenvalue weighted by Gasteiger charge is -2.33. The van der Waals surface area contributed by atoms with E-state index >= 15 is 0 Å². The van der Waals surface area contributed by atoms with Gasteiger partial charge in [0.15, 0.2) is 4.34 Å². The average molecular weight is 355 g/mol. The smallest absolute Gasteiger partial charge is 0.300 e. The molecule has 1 fully saturated rings. The van der Waals surface area contributed by atoms with Crippen molar-refractivity contribution >= 4 is 38.6 Å². The largest absolute Gasteiger partial charge is 0.391 e. The van der Waals surface area contributed by atoms with Gasteiger partial charge in [-0.05, 0) is 12.8 Å². The summed E-state index contributed by atoms with van der Waals surface area (Å²) in [5.41, 5.74) is -0.419. The first-order valence-corrected chi connectivity index (χ1v) is 8.98. The third kappa shape index (κ3) is 3.21. The van der Waals surface area contributed by atoms with Crippen LogP contribution >= 0.6 is 22.9 Å². The van der Waals surface area contributed by atoms with E-state index < -0.39 is 32.8 Å². The zero-order valence-corrected chi connectivity index (χ0v) is 13.6. The SMILES string of the molecule is CN(C1CCCCC1O)S(=O)(=O)c1cc([N+](=O)[O-])c(Cl)s1. The normalized spacial score (nSPS) is 23.4. The second-order valence-electron chi connectivity index (χ2n) is 4.92. The van der Waals surface area contributed by atoms with Gasteiger partial charge < -0.3 is 5.11 Å². The minimum absolute atomic E-state index is 0.170. The van der Waals surface area contributed by atoms with Gasteiger partial charge in [-0.3, -0.25) is 10.1 Å². The Labute approximate surface area is 131 Å². The highest BCUT2D eigenvalue weighted by Crippen LogP contribution is 2.38. The van der Waals surface area contributed by atoms with E-state index in [9.17, 15) is 23.6 Å². The molecule has 2 unspecified atom stereocenters. The zero-order chi connectivity index (χ0) is 15.8. The molecule has 0 spiro atoms. The van der Waals surface area contributed by atoms with Crippen LogP contribution < -0.4 is 0 Å². The fourth-order valence-corrected chi connectivity index (χ4v) is 5.69. The lowest BCUT2D eigenvalue weighted by molar-refractivity contribution is -0.384. The predicted molar refractivity (Wildman–Crippen MR) is 79.2 cm³/mol. The number of hydrogen-bond acceptors (Lipinski definition) is 6. The van der Waals surface area contributed by atoms with Crippen LogP contribution in [0, 0.1) is 10.1 Å². The Balaban J connectivity index is 2.32. The monoisotopic (exact) mass is 354 g/mol. The lowest BCUT2D eigenvalue weighted by atomic mass is 9.93. The second-order valence-corrected chi connectivity index (χ2v) is 8.80. The highest BCUT2D eigenvalue weighted by Gasteiger charge is 2.36. The quantitative estimate of drug-likeness (QED) is 0.660. The van der Waals surface area contributed by atoms with Gasteiger partial charge in [-0.1, -0.05) is 24.4 Å². The molecule has 1 saturated carbocycles. The number of likely N-dealkylation sites (N-methyl/N-ethyl adjacent to an activating group) is 1. The maximum Gasteiger partial charge on any atom is 0.300 e. The van der Waals surface area contributed by atoms with Crippen LogP contribution in [0.3, 0.4) is 0 Å². The number of nitrogens with zero attached hydrogens (tertiary/aromatic N) is 2. The molecule has 2 atom stereocenters. The van der Waals surface area contributed by atoms with Crippen LogP contribution in [0.5, 0.6) is 0 Å². The standard InChI is InChI=1S/C11H15ClN2O5S2/c1-13(7-4-2-3-5-9(7)15)21(18,19)10-6-8(14(16)17)11(12)20-10/h6-7,9,15H,2-5H2,1H3. The number of thiophene rings is 1. The van der Waals surface area contributed by atoms with Crippen LogP contribution in [0.2, 0.25) is 4.34 Å². The summed E-state index contributed by atoms with van der Waals surface area (Å²) in [6.45, 7) is 0. The van der Waals surface area contributed by atoms with Crippen molar-refractivity contribution in [3.63, 3.8) is 0 Å². The summed E-state index contributed by atoms with van der Waals surface area (Å²) >= 11 is 6.37. The van der Waals surface area contributed by atoms with Crippen molar-refractivity contribution in [3.8, 4) is 0 Å². The van der Waals surface area contributed by atoms with Gasteiger partial charge in [-0.2, -0.15) is 4.31 Å². The first kappa shape index (κ1) is 16.6. The van der Waals surface area contributed by atoms with Gasteiger partial charge in [0.1, 0.15) is 4.21 Å². The van der Waals surface area contributed by atoms with Crippen molar-refractivity contribution in [1.82, 2.24) is 4.31 Å². The third-order valence-electron chi connectivity index (χ3n) is 3.64. The van der Waals surface area contributed by atoms with Crippen LogP contribution in [0.1, 0.15) is 25.7 Å². The molecule has 1 heterocycles. The number of aliphatic hydroxyl groups excluding tert-OH is 1. The van der Waals surface area contributed by atoms with Crippen molar-refractivity contribution in [2.45, 2.75) is 42.0 Å². The molecule has 0 amide bonds. The average Bonchev–Trinajstić information content (AvgIpc) is 2.81. The molecule has 0 aliphatic heterocycles. The van der Waals surface area contributed by atoms with Crippen molar-refractivity contribution in [1.29, 1.82) is 0 Å². The van der Waals surface area contributed by atoms with Crippen molar-refractivity contribution in [2.75, 3.05) is 7.05 Å². The summed E-state index contributed by atoms with van der Waals surface area (Å²) in [6, 6.07) is 0.456. The molecule has 0 aromatic carbocycles. The molecule has 21 heavy (non-hydrogen) atoms. The molecule has 118 valence electrons. The van der Waals surface area contributed by atoms with E-state index in [0.717, 1.165) is 23.2 Å².